The number of anilines is 1. The van der Waals surface area contributed by atoms with Crippen LogP contribution in [0.4, 0.5) is 5.69 Å². The SMILES string of the molecule is C=C1C=C(CCC)c2ccc(NC)cc2C1.CC. The molecule has 0 amide bonds. The quantitative estimate of drug-likeness (QED) is 0.783. The summed E-state index contributed by atoms with van der Waals surface area (Å²) in [5.74, 6) is 0. The van der Waals surface area contributed by atoms with Crippen molar-refractivity contribution in [3.63, 3.8) is 0 Å². The standard InChI is InChI=1S/C15H19N.C2H6/c1-4-5-12-8-11(2)9-13-10-14(16-3)6-7-15(12)13;1-2/h6-8,10,16H,2,4-5,9H2,1,3H3;1-2H3. The maximum atomic E-state index is 4.10. The van der Waals surface area contributed by atoms with Crippen molar-refractivity contribution in [1.82, 2.24) is 0 Å². The number of rotatable bonds is 3. The fraction of sp³-hybridized carbons (Fsp3) is 0.412. The molecule has 1 N–H and O–H groups in total. The van der Waals surface area contributed by atoms with Crippen molar-refractivity contribution in [2.75, 3.05) is 12.4 Å². The van der Waals surface area contributed by atoms with Crippen molar-refractivity contribution in [3.05, 3.63) is 47.6 Å². The first-order chi connectivity index (χ1) is 8.74. The molecule has 0 saturated heterocycles. The first-order valence-electron chi connectivity index (χ1n) is 6.94. The Balaban J connectivity index is 0.000000771. The number of hydrogen-bond acceptors (Lipinski definition) is 1. The lowest BCUT2D eigenvalue weighted by Crippen LogP contribution is -2.03. The minimum atomic E-state index is 0.984. The molecule has 2 rings (SSSR count). The molecule has 98 valence electrons. The Bertz CT molecular complexity index is 441. The minimum absolute atomic E-state index is 0.984. The zero-order valence-electron chi connectivity index (χ0n) is 12.1. The van der Waals surface area contributed by atoms with E-state index in [9.17, 15) is 0 Å². The van der Waals surface area contributed by atoms with Crippen LogP contribution in [0.2, 0.25) is 0 Å². The van der Waals surface area contributed by atoms with Gasteiger partial charge in [0.05, 0.1) is 0 Å². The average molecular weight is 243 g/mol. The highest BCUT2D eigenvalue weighted by molar-refractivity contribution is 5.75. The lowest BCUT2D eigenvalue weighted by Gasteiger charge is -2.20. The van der Waals surface area contributed by atoms with E-state index in [1.165, 1.54) is 34.4 Å². The van der Waals surface area contributed by atoms with Gasteiger partial charge in [0.1, 0.15) is 0 Å². The molecule has 0 spiro atoms. The Morgan fingerprint density at radius 3 is 2.61 bits per heavy atom. The number of nitrogens with one attached hydrogen (secondary N) is 1. The van der Waals surface area contributed by atoms with E-state index >= 15 is 0 Å². The van der Waals surface area contributed by atoms with Crippen molar-refractivity contribution in [2.24, 2.45) is 0 Å². The first kappa shape index (κ1) is 14.6. The number of hydrogen-bond donors (Lipinski definition) is 1. The van der Waals surface area contributed by atoms with Gasteiger partial charge in [-0.2, -0.15) is 0 Å². The van der Waals surface area contributed by atoms with E-state index < -0.39 is 0 Å². The summed E-state index contributed by atoms with van der Waals surface area (Å²) in [4.78, 5) is 0. The summed E-state index contributed by atoms with van der Waals surface area (Å²) in [5, 5.41) is 3.19. The molecule has 1 heteroatoms. The van der Waals surface area contributed by atoms with E-state index in [1.807, 2.05) is 20.9 Å². The predicted octanol–water partition coefficient (Wildman–Crippen LogP) is 5.05. The van der Waals surface area contributed by atoms with Gasteiger partial charge in [-0.1, -0.05) is 51.5 Å². The zero-order chi connectivity index (χ0) is 13.5. The highest BCUT2D eigenvalue weighted by Gasteiger charge is 2.13. The van der Waals surface area contributed by atoms with Crippen molar-refractivity contribution < 1.29 is 0 Å². The maximum Gasteiger partial charge on any atom is 0.0340 e. The van der Waals surface area contributed by atoms with E-state index in [2.05, 4.69) is 43.1 Å². The molecular formula is C17H25N. The molecule has 0 bridgehead atoms. The molecule has 0 aliphatic heterocycles. The second-order valence-corrected chi connectivity index (χ2v) is 4.38. The van der Waals surface area contributed by atoms with E-state index in [4.69, 9.17) is 0 Å². The van der Waals surface area contributed by atoms with Gasteiger partial charge in [0.2, 0.25) is 0 Å². The minimum Gasteiger partial charge on any atom is -0.388 e. The molecule has 1 aliphatic rings. The fourth-order valence-electron chi connectivity index (χ4n) is 2.30. The van der Waals surface area contributed by atoms with Gasteiger partial charge in [-0.25, -0.2) is 0 Å². The number of benzene rings is 1. The molecule has 0 fully saturated rings. The molecule has 0 radical (unpaired) electrons. The van der Waals surface area contributed by atoms with Crippen LogP contribution in [0.15, 0.2) is 36.4 Å². The summed E-state index contributed by atoms with van der Waals surface area (Å²) in [6.07, 6.45) is 5.57. The Morgan fingerprint density at radius 1 is 1.28 bits per heavy atom. The van der Waals surface area contributed by atoms with Crippen LogP contribution in [-0.4, -0.2) is 7.05 Å². The van der Waals surface area contributed by atoms with E-state index in [-0.39, 0.29) is 0 Å². The van der Waals surface area contributed by atoms with Crippen LogP contribution in [0, 0.1) is 0 Å². The van der Waals surface area contributed by atoms with Gasteiger partial charge in [0.25, 0.3) is 0 Å². The van der Waals surface area contributed by atoms with Crippen LogP contribution in [0.3, 0.4) is 0 Å². The second kappa shape index (κ2) is 7.05. The summed E-state index contributed by atoms with van der Waals surface area (Å²) in [6, 6.07) is 6.62. The normalized spacial score (nSPS) is 13.1. The summed E-state index contributed by atoms with van der Waals surface area (Å²) in [6.45, 7) is 10.3. The van der Waals surface area contributed by atoms with Crippen molar-refractivity contribution in [1.29, 1.82) is 0 Å². The topological polar surface area (TPSA) is 12.0 Å². The van der Waals surface area contributed by atoms with E-state index in [1.54, 1.807) is 0 Å². The summed E-state index contributed by atoms with van der Waals surface area (Å²) in [7, 11) is 1.96. The number of allylic oxidation sites excluding steroid dienone is 3. The van der Waals surface area contributed by atoms with Gasteiger partial charge >= 0.3 is 0 Å². The van der Waals surface area contributed by atoms with Crippen LogP contribution < -0.4 is 5.32 Å². The molecule has 0 saturated carbocycles. The molecule has 1 nitrogen and oxygen atoms in total. The third kappa shape index (κ3) is 3.25. The van der Waals surface area contributed by atoms with E-state index in [0.29, 0.717) is 0 Å². The predicted molar refractivity (Wildman–Crippen MR) is 83.1 cm³/mol. The Kier molecular flexibility index (Phi) is 5.70. The zero-order valence-corrected chi connectivity index (χ0v) is 12.1. The first-order valence-corrected chi connectivity index (χ1v) is 6.94. The monoisotopic (exact) mass is 243 g/mol. The van der Waals surface area contributed by atoms with Crippen molar-refractivity contribution >= 4 is 11.3 Å². The highest BCUT2D eigenvalue weighted by Crippen LogP contribution is 2.32. The summed E-state index contributed by atoms with van der Waals surface area (Å²) in [5.41, 5.74) is 6.67. The Morgan fingerprint density at radius 2 is 2.00 bits per heavy atom. The smallest absolute Gasteiger partial charge is 0.0340 e. The largest absolute Gasteiger partial charge is 0.388 e. The lowest BCUT2D eigenvalue weighted by molar-refractivity contribution is 0.961. The third-order valence-electron chi connectivity index (χ3n) is 3.06. The van der Waals surface area contributed by atoms with Crippen LogP contribution in [0.5, 0.6) is 0 Å². The molecule has 0 aromatic heterocycles. The van der Waals surface area contributed by atoms with Gasteiger partial charge in [0, 0.05) is 12.7 Å². The van der Waals surface area contributed by atoms with E-state index in [0.717, 1.165) is 12.8 Å². The van der Waals surface area contributed by atoms with Crippen molar-refractivity contribution in [2.45, 2.75) is 40.0 Å². The van der Waals surface area contributed by atoms with Crippen LogP contribution in [0.25, 0.3) is 5.57 Å². The van der Waals surface area contributed by atoms with Crippen molar-refractivity contribution in [3.8, 4) is 0 Å². The fourth-order valence-corrected chi connectivity index (χ4v) is 2.30. The molecular weight excluding hydrogens is 218 g/mol. The molecule has 0 heterocycles. The summed E-state index contributed by atoms with van der Waals surface area (Å²) >= 11 is 0. The number of fused-ring (bicyclic) bond motifs is 1. The van der Waals surface area contributed by atoms with Gasteiger partial charge in [-0.05, 0) is 41.7 Å². The van der Waals surface area contributed by atoms with Crippen LogP contribution >= 0.6 is 0 Å². The van der Waals surface area contributed by atoms with Gasteiger partial charge < -0.3 is 5.32 Å². The summed E-state index contributed by atoms with van der Waals surface area (Å²) < 4.78 is 0. The molecule has 1 aromatic rings. The highest BCUT2D eigenvalue weighted by atomic mass is 14.8. The van der Waals surface area contributed by atoms with Crippen LogP contribution in [-0.2, 0) is 6.42 Å². The molecule has 0 atom stereocenters. The average Bonchev–Trinajstić information content (AvgIpc) is 2.40. The lowest BCUT2D eigenvalue weighted by atomic mass is 9.86. The van der Waals surface area contributed by atoms with Gasteiger partial charge in [-0.15, -0.1) is 0 Å². The Hall–Kier alpha value is -1.50. The molecule has 18 heavy (non-hydrogen) atoms. The third-order valence-corrected chi connectivity index (χ3v) is 3.06. The molecule has 0 unspecified atom stereocenters. The molecule has 1 aromatic carbocycles. The molecule has 1 aliphatic carbocycles. The maximum absolute atomic E-state index is 4.10. The van der Waals surface area contributed by atoms with Gasteiger partial charge in [0.15, 0.2) is 0 Å². The van der Waals surface area contributed by atoms with Gasteiger partial charge in [-0.3, -0.25) is 0 Å². The Labute approximate surface area is 112 Å². The van der Waals surface area contributed by atoms with Crippen LogP contribution in [0.1, 0.15) is 44.7 Å². The second-order valence-electron chi connectivity index (χ2n) is 4.38.